The highest BCUT2D eigenvalue weighted by Gasteiger charge is 2.46. The normalized spacial score (nSPS) is 33.7. The van der Waals surface area contributed by atoms with Crippen molar-refractivity contribution in [1.82, 2.24) is 0 Å². The molecule has 2 aliphatic rings. The van der Waals surface area contributed by atoms with Gasteiger partial charge in [0.25, 0.3) is 0 Å². The molecule has 1 fully saturated rings. The highest BCUT2D eigenvalue weighted by molar-refractivity contribution is 5.76. The van der Waals surface area contributed by atoms with Gasteiger partial charge in [-0.2, -0.15) is 0 Å². The Morgan fingerprint density at radius 2 is 2.07 bits per heavy atom. The van der Waals surface area contributed by atoms with Crippen LogP contribution in [-0.2, 0) is 5.54 Å². The van der Waals surface area contributed by atoms with Crippen LogP contribution >= 0.6 is 0 Å². The zero-order chi connectivity index (χ0) is 10.5. The van der Waals surface area contributed by atoms with Crippen molar-refractivity contribution in [1.29, 1.82) is 0 Å². The molecule has 1 nitrogen and oxygen atoms in total. The van der Waals surface area contributed by atoms with Gasteiger partial charge in [0, 0.05) is 11.5 Å². The summed E-state index contributed by atoms with van der Waals surface area (Å²) < 4.78 is 0. The van der Waals surface area contributed by atoms with Gasteiger partial charge in [-0.05, 0) is 29.5 Å². The predicted octanol–water partition coefficient (Wildman–Crippen LogP) is 3.06. The van der Waals surface area contributed by atoms with E-state index >= 15 is 0 Å². The molecule has 0 bridgehead atoms. The number of hydrogen-bond donors (Lipinski definition) is 1. The number of rotatable bonds is 0. The summed E-state index contributed by atoms with van der Waals surface area (Å²) in [6.07, 6.45) is 4.89. The molecule has 78 valence electrons. The van der Waals surface area contributed by atoms with Crippen molar-refractivity contribution in [3.63, 3.8) is 0 Å². The first kappa shape index (κ1) is 9.17. The average Bonchev–Trinajstić information content (AvgIpc) is 2.50. The lowest BCUT2D eigenvalue weighted by Crippen LogP contribution is -2.43. The van der Waals surface area contributed by atoms with Crippen molar-refractivity contribution in [2.24, 2.45) is 11.7 Å². The van der Waals surface area contributed by atoms with Crippen LogP contribution in [0.15, 0.2) is 30.8 Å². The van der Waals surface area contributed by atoms with Crippen molar-refractivity contribution in [2.75, 3.05) is 0 Å². The number of fused-ring (bicyclic) bond motifs is 3. The molecule has 0 spiro atoms. The van der Waals surface area contributed by atoms with Crippen molar-refractivity contribution in [3.8, 4) is 0 Å². The first-order valence-corrected chi connectivity index (χ1v) is 5.81. The van der Waals surface area contributed by atoms with Crippen LogP contribution in [0.5, 0.6) is 0 Å². The summed E-state index contributed by atoms with van der Waals surface area (Å²) in [5, 5.41) is 0. The number of nitrogens with two attached hydrogens (primary N) is 1. The first-order valence-electron chi connectivity index (χ1n) is 5.81. The standard InChI is InChI=1S/C14H17N/c1-10-11-6-2-3-8-13(11)14(15)9-5-4-7-12(10)14/h2-3,6,8,12H,1,4-5,7,9,15H2/t12-,14+/m0/s1. The topological polar surface area (TPSA) is 26.0 Å². The summed E-state index contributed by atoms with van der Waals surface area (Å²) in [6, 6.07) is 8.54. The predicted molar refractivity (Wildman–Crippen MR) is 63.3 cm³/mol. The van der Waals surface area contributed by atoms with Crippen LogP contribution in [0.25, 0.3) is 5.57 Å². The lowest BCUT2D eigenvalue weighted by atomic mass is 9.73. The molecule has 2 aliphatic carbocycles. The Labute approximate surface area is 91.0 Å². The molecule has 2 N–H and O–H groups in total. The van der Waals surface area contributed by atoms with Gasteiger partial charge < -0.3 is 5.73 Å². The Balaban J connectivity index is 2.20. The van der Waals surface area contributed by atoms with Crippen LogP contribution < -0.4 is 5.73 Å². The Hall–Kier alpha value is -1.08. The van der Waals surface area contributed by atoms with E-state index in [1.807, 2.05) is 0 Å². The highest BCUT2D eigenvalue weighted by Crippen LogP contribution is 2.53. The molecular weight excluding hydrogens is 182 g/mol. The third-order valence-electron chi connectivity index (χ3n) is 4.15. The highest BCUT2D eigenvalue weighted by atomic mass is 14.8. The lowest BCUT2D eigenvalue weighted by Gasteiger charge is -2.37. The summed E-state index contributed by atoms with van der Waals surface area (Å²) in [5.41, 5.74) is 10.4. The lowest BCUT2D eigenvalue weighted by molar-refractivity contribution is 0.253. The largest absolute Gasteiger partial charge is 0.321 e. The summed E-state index contributed by atoms with van der Waals surface area (Å²) in [6.45, 7) is 4.25. The SMILES string of the molecule is C=C1c2ccccc2[C@@]2(N)CCCC[C@@H]12. The van der Waals surface area contributed by atoms with E-state index in [2.05, 4.69) is 30.8 Å². The first-order chi connectivity index (χ1) is 7.23. The Morgan fingerprint density at radius 3 is 2.93 bits per heavy atom. The monoisotopic (exact) mass is 199 g/mol. The fourth-order valence-corrected chi connectivity index (χ4v) is 3.36. The zero-order valence-corrected chi connectivity index (χ0v) is 9.00. The van der Waals surface area contributed by atoms with E-state index in [0.29, 0.717) is 5.92 Å². The van der Waals surface area contributed by atoms with Gasteiger partial charge in [0.05, 0.1) is 0 Å². The van der Waals surface area contributed by atoms with Crippen LogP contribution in [-0.4, -0.2) is 0 Å². The van der Waals surface area contributed by atoms with E-state index < -0.39 is 0 Å². The molecule has 3 rings (SSSR count). The van der Waals surface area contributed by atoms with E-state index in [1.54, 1.807) is 0 Å². The number of benzene rings is 1. The molecule has 1 heteroatoms. The molecule has 0 amide bonds. The maximum Gasteiger partial charge on any atom is 0.0485 e. The maximum atomic E-state index is 6.61. The van der Waals surface area contributed by atoms with E-state index in [0.717, 1.165) is 6.42 Å². The molecule has 0 saturated heterocycles. The molecule has 0 unspecified atom stereocenters. The van der Waals surface area contributed by atoms with Gasteiger partial charge >= 0.3 is 0 Å². The fraction of sp³-hybridized carbons (Fsp3) is 0.429. The van der Waals surface area contributed by atoms with Gasteiger partial charge in [-0.15, -0.1) is 0 Å². The minimum atomic E-state index is -0.105. The molecule has 0 aromatic heterocycles. The fourth-order valence-electron chi connectivity index (χ4n) is 3.36. The maximum absolute atomic E-state index is 6.61. The zero-order valence-electron chi connectivity index (χ0n) is 9.00. The van der Waals surface area contributed by atoms with E-state index in [9.17, 15) is 0 Å². The molecule has 15 heavy (non-hydrogen) atoms. The van der Waals surface area contributed by atoms with Crippen LogP contribution in [0.2, 0.25) is 0 Å². The summed E-state index contributed by atoms with van der Waals surface area (Å²) in [4.78, 5) is 0. The number of hydrogen-bond acceptors (Lipinski definition) is 1. The average molecular weight is 199 g/mol. The van der Waals surface area contributed by atoms with Crippen LogP contribution in [0.4, 0.5) is 0 Å². The summed E-state index contributed by atoms with van der Waals surface area (Å²) >= 11 is 0. The van der Waals surface area contributed by atoms with Gasteiger partial charge in [-0.1, -0.05) is 43.7 Å². The second-order valence-corrected chi connectivity index (χ2v) is 4.91. The smallest absolute Gasteiger partial charge is 0.0485 e. The molecule has 0 aliphatic heterocycles. The van der Waals surface area contributed by atoms with Crippen molar-refractivity contribution < 1.29 is 0 Å². The van der Waals surface area contributed by atoms with Gasteiger partial charge in [-0.3, -0.25) is 0 Å². The van der Waals surface area contributed by atoms with E-state index in [4.69, 9.17) is 5.73 Å². The van der Waals surface area contributed by atoms with Gasteiger partial charge in [0.1, 0.15) is 0 Å². The minimum absolute atomic E-state index is 0.105. The van der Waals surface area contributed by atoms with E-state index in [-0.39, 0.29) is 5.54 Å². The molecule has 0 heterocycles. The third kappa shape index (κ3) is 1.07. The van der Waals surface area contributed by atoms with Crippen LogP contribution in [0, 0.1) is 5.92 Å². The van der Waals surface area contributed by atoms with Crippen molar-refractivity contribution in [3.05, 3.63) is 42.0 Å². The van der Waals surface area contributed by atoms with Crippen LogP contribution in [0.1, 0.15) is 36.8 Å². The Morgan fingerprint density at radius 1 is 1.27 bits per heavy atom. The molecule has 1 aromatic rings. The van der Waals surface area contributed by atoms with Gasteiger partial charge in [0.15, 0.2) is 0 Å². The Kier molecular flexibility index (Phi) is 1.81. The molecule has 0 radical (unpaired) electrons. The van der Waals surface area contributed by atoms with E-state index in [1.165, 1.54) is 36.0 Å². The second kappa shape index (κ2) is 2.96. The van der Waals surface area contributed by atoms with Gasteiger partial charge in [0.2, 0.25) is 0 Å². The molecule has 2 atom stereocenters. The third-order valence-corrected chi connectivity index (χ3v) is 4.15. The summed E-state index contributed by atoms with van der Waals surface area (Å²) in [5.74, 6) is 0.489. The minimum Gasteiger partial charge on any atom is -0.321 e. The molecule has 1 saturated carbocycles. The van der Waals surface area contributed by atoms with Crippen molar-refractivity contribution >= 4 is 5.57 Å². The van der Waals surface area contributed by atoms with Crippen LogP contribution in [0.3, 0.4) is 0 Å². The quantitative estimate of drug-likeness (QED) is 0.682. The molecular formula is C14H17N. The summed E-state index contributed by atoms with van der Waals surface area (Å²) in [7, 11) is 0. The Bertz CT molecular complexity index is 421. The van der Waals surface area contributed by atoms with Crippen molar-refractivity contribution in [2.45, 2.75) is 31.2 Å². The second-order valence-electron chi connectivity index (χ2n) is 4.91. The van der Waals surface area contributed by atoms with Gasteiger partial charge in [-0.25, -0.2) is 0 Å². The molecule has 1 aromatic carbocycles.